The molecule has 0 fully saturated rings. The van der Waals surface area contributed by atoms with Gasteiger partial charge in [0.1, 0.15) is 0 Å². The highest BCUT2D eigenvalue weighted by Crippen LogP contribution is 2.24. The lowest BCUT2D eigenvalue weighted by molar-refractivity contribution is 0.170. The van der Waals surface area contributed by atoms with Crippen LogP contribution in [0.2, 0.25) is 0 Å². The molecular weight excluding hydrogens is 202 g/mol. The average Bonchev–Trinajstić information content (AvgIpc) is 2.24. The van der Waals surface area contributed by atoms with Gasteiger partial charge in [-0.1, -0.05) is 19.9 Å². The predicted octanol–water partition coefficient (Wildman–Crippen LogP) is 2.93. The second kappa shape index (κ2) is 6.48. The SMILES string of the molecule is COCCCOc1nc(C)ccc1C(C)C. The molecule has 0 unspecified atom stereocenters. The Hall–Kier alpha value is -1.09. The van der Waals surface area contributed by atoms with Gasteiger partial charge in [-0.05, 0) is 18.9 Å². The first kappa shape index (κ1) is 13.0. The van der Waals surface area contributed by atoms with Crippen LogP contribution in [-0.4, -0.2) is 25.3 Å². The van der Waals surface area contributed by atoms with Crippen molar-refractivity contribution in [3.8, 4) is 5.88 Å². The van der Waals surface area contributed by atoms with E-state index < -0.39 is 0 Å². The summed E-state index contributed by atoms with van der Waals surface area (Å²) in [5.74, 6) is 1.21. The molecule has 1 heterocycles. The van der Waals surface area contributed by atoms with Crippen LogP contribution in [0.4, 0.5) is 0 Å². The number of hydrogen-bond donors (Lipinski definition) is 0. The van der Waals surface area contributed by atoms with Gasteiger partial charge in [0.15, 0.2) is 0 Å². The Balaban J connectivity index is 2.65. The van der Waals surface area contributed by atoms with Gasteiger partial charge in [0, 0.05) is 31.4 Å². The topological polar surface area (TPSA) is 31.4 Å². The van der Waals surface area contributed by atoms with Gasteiger partial charge in [-0.25, -0.2) is 4.98 Å². The Morgan fingerprint density at radius 2 is 2.00 bits per heavy atom. The molecule has 90 valence electrons. The molecule has 3 heteroatoms. The maximum absolute atomic E-state index is 5.69. The lowest BCUT2D eigenvalue weighted by atomic mass is 10.0. The van der Waals surface area contributed by atoms with E-state index in [2.05, 4.69) is 24.9 Å². The maximum atomic E-state index is 5.69. The van der Waals surface area contributed by atoms with Crippen molar-refractivity contribution in [1.29, 1.82) is 0 Å². The summed E-state index contributed by atoms with van der Waals surface area (Å²) in [5.41, 5.74) is 2.16. The van der Waals surface area contributed by atoms with Crippen molar-refractivity contribution in [2.75, 3.05) is 20.3 Å². The molecule has 3 nitrogen and oxygen atoms in total. The molecule has 0 atom stereocenters. The Morgan fingerprint density at radius 3 is 2.62 bits per heavy atom. The highest BCUT2D eigenvalue weighted by atomic mass is 16.5. The van der Waals surface area contributed by atoms with E-state index in [-0.39, 0.29) is 0 Å². The largest absolute Gasteiger partial charge is 0.477 e. The van der Waals surface area contributed by atoms with Crippen molar-refractivity contribution in [2.24, 2.45) is 0 Å². The minimum Gasteiger partial charge on any atom is -0.477 e. The minimum atomic E-state index is 0.436. The number of ether oxygens (including phenoxy) is 2. The number of aromatic nitrogens is 1. The number of aryl methyl sites for hydroxylation is 1. The molecule has 0 aliphatic carbocycles. The van der Waals surface area contributed by atoms with Crippen molar-refractivity contribution in [3.63, 3.8) is 0 Å². The minimum absolute atomic E-state index is 0.436. The molecule has 1 aromatic heterocycles. The summed E-state index contributed by atoms with van der Waals surface area (Å²) in [4.78, 5) is 4.43. The van der Waals surface area contributed by atoms with Gasteiger partial charge in [0.2, 0.25) is 5.88 Å². The van der Waals surface area contributed by atoms with E-state index in [1.165, 1.54) is 5.56 Å². The maximum Gasteiger partial charge on any atom is 0.217 e. The number of hydrogen-bond acceptors (Lipinski definition) is 3. The molecule has 0 saturated carbocycles. The van der Waals surface area contributed by atoms with Gasteiger partial charge in [-0.2, -0.15) is 0 Å². The van der Waals surface area contributed by atoms with E-state index >= 15 is 0 Å². The van der Waals surface area contributed by atoms with E-state index in [0.29, 0.717) is 12.5 Å². The first-order valence-electron chi connectivity index (χ1n) is 5.74. The van der Waals surface area contributed by atoms with Crippen LogP contribution >= 0.6 is 0 Å². The van der Waals surface area contributed by atoms with Crippen LogP contribution in [0, 0.1) is 6.92 Å². The lowest BCUT2D eigenvalue weighted by Crippen LogP contribution is -2.06. The first-order valence-corrected chi connectivity index (χ1v) is 5.74. The van der Waals surface area contributed by atoms with Gasteiger partial charge < -0.3 is 9.47 Å². The third kappa shape index (κ3) is 3.81. The Kier molecular flexibility index (Phi) is 5.26. The standard InChI is InChI=1S/C13H21NO2/c1-10(2)12-7-6-11(3)14-13(12)16-9-5-8-15-4/h6-7,10H,5,8-9H2,1-4H3. The molecule has 0 saturated heterocycles. The zero-order chi connectivity index (χ0) is 12.0. The van der Waals surface area contributed by atoms with Gasteiger partial charge in [0.25, 0.3) is 0 Å². The number of methoxy groups -OCH3 is 1. The highest BCUT2D eigenvalue weighted by Gasteiger charge is 2.09. The first-order chi connectivity index (χ1) is 7.65. The van der Waals surface area contributed by atoms with Gasteiger partial charge in [-0.15, -0.1) is 0 Å². The molecule has 1 rings (SSSR count). The Labute approximate surface area is 97.8 Å². The number of nitrogens with zero attached hydrogens (tertiary/aromatic N) is 1. The van der Waals surface area contributed by atoms with Gasteiger partial charge in [-0.3, -0.25) is 0 Å². The third-order valence-corrected chi connectivity index (χ3v) is 2.38. The van der Waals surface area contributed by atoms with Crippen LogP contribution in [0.25, 0.3) is 0 Å². The fraction of sp³-hybridized carbons (Fsp3) is 0.615. The van der Waals surface area contributed by atoms with E-state index in [1.54, 1.807) is 7.11 Å². The fourth-order valence-electron chi connectivity index (χ4n) is 1.47. The highest BCUT2D eigenvalue weighted by molar-refractivity contribution is 5.30. The lowest BCUT2D eigenvalue weighted by Gasteiger charge is -2.13. The molecule has 1 aromatic rings. The van der Waals surface area contributed by atoms with Crippen LogP contribution < -0.4 is 4.74 Å². The van der Waals surface area contributed by atoms with Crippen LogP contribution in [0.3, 0.4) is 0 Å². The van der Waals surface area contributed by atoms with Crippen molar-refractivity contribution >= 4 is 0 Å². The molecule has 0 amide bonds. The normalized spacial score (nSPS) is 10.8. The van der Waals surface area contributed by atoms with Crippen molar-refractivity contribution in [1.82, 2.24) is 4.98 Å². The van der Waals surface area contributed by atoms with Gasteiger partial charge >= 0.3 is 0 Å². The summed E-state index contributed by atoms with van der Waals surface area (Å²) in [6, 6.07) is 4.12. The average molecular weight is 223 g/mol. The Bertz CT molecular complexity index is 324. The summed E-state index contributed by atoms with van der Waals surface area (Å²) in [6.45, 7) is 7.65. The molecule has 0 radical (unpaired) electrons. The van der Waals surface area contributed by atoms with Crippen LogP contribution in [0.15, 0.2) is 12.1 Å². The second-order valence-electron chi connectivity index (χ2n) is 4.20. The third-order valence-electron chi connectivity index (χ3n) is 2.38. The summed E-state index contributed by atoms with van der Waals surface area (Å²) in [6.07, 6.45) is 0.893. The summed E-state index contributed by atoms with van der Waals surface area (Å²) in [7, 11) is 1.70. The molecule has 0 aliphatic rings. The van der Waals surface area contributed by atoms with E-state index in [1.807, 2.05) is 13.0 Å². The molecule has 0 spiro atoms. The van der Waals surface area contributed by atoms with E-state index in [4.69, 9.17) is 9.47 Å². The summed E-state index contributed by atoms with van der Waals surface area (Å²) >= 11 is 0. The molecule has 0 aliphatic heterocycles. The molecule has 0 aromatic carbocycles. The number of rotatable bonds is 6. The molecular formula is C13H21NO2. The zero-order valence-corrected chi connectivity index (χ0v) is 10.6. The monoisotopic (exact) mass is 223 g/mol. The number of pyridine rings is 1. The van der Waals surface area contributed by atoms with Crippen LogP contribution in [-0.2, 0) is 4.74 Å². The summed E-state index contributed by atoms with van der Waals surface area (Å²) < 4.78 is 10.7. The Morgan fingerprint density at radius 1 is 1.25 bits per heavy atom. The van der Waals surface area contributed by atoms with Crippen LogP contribution in [0.5, 0.6) is 5.88 Å². The molecule has 0 N–H and O–H groups in total. The molecule has 0 bridgehead atoms. The second-order valence-corrected chi connectivity index (χ2v) is 4.20. The van der Waals surface area contributed by atoms with Crippen LogP contribution in [0.1, 0.15) is 37.4 Å². The smallest absolute Gasteiger partial charge is 0.217 e. The van der Waals surface area contributed by atoms with E-state index in [0.717, 1.165) is 24.6 Å². The fourth-order valence-corrected chi connectivity index (χ4v) is 1.47. The summed E-state index contributed by atoms with van der Waals surface area (Å²) in [5, 5.41) is 0. The predicted molar refractivity (Wildman–Crippen MR) is 65.1 cm³/mol. The zero-order valence-electron chi connectivity index (χ0n) is 10.6. The van der Waals surface area contributed by atoms with E-state index in [9.17, 15) is 0 Å². The van der Waals surface area contributed by atoms with Crippen molar-refractivity contribution < 1.29 is 9.47 Å². The van der Waals surface area contributed by atoms with Crippen molar-refractivity contribution in [2.45, 2.75) is 33.1 Å². The van der Waals surface area contributed by atoms with Gasteiger partial charge in [0.05, 0.1) is 6.61 Å². The molecule has 16 heavy (non-hydrogen) atoms. The van der Waals surface area contributed by atoms with Crippen molar-refractivity contribution in [3.05, 3.63) is 23.4 Å². The quantitative estimate of drug-likeness (QED) is 0.695.